The molecule has 2 rings (SSSR count). The number of rotatable bonds is 5. The van der Waals surface area contributed by atoms with E-state index in [1.807, 2.05) is 12.5 Å². The summed E-state index contributed by atoms with van der Waals surface area (Å²) in [6.07, 6.45) is 6.63. The van der Waals surface area contributed by atoms with Gasteiger partial charge >= 0.3 is 0 Å². The van der Waals surface area contributed by atoms with Crippen molar-refractivity contribution in [2.75, 3.05) is 6.54 Å². The molecule has 1 fully saturated rings. The highest BCUT2D eigenvalue weighted by atomic mass is 15.1. The maximum atomic E-state index is 4.19. The SMILES string of the molecule is CC(C)c1cncn1CCNC1CC1. The van der Waals surface area contributed by atoms with Crippen LogP contribution in [-0.4, -0.2) is 22.1 Å². The Morgan fingerprint density at radius 3 is 3.00 bits per heavy atom. The Labute approximate surface area is 85.5 Å². The first kappa shape index (κ1) is 9.71. The third-order valence-corrected chi connectivity index (χ3v) is 2.70. The summed E-state index contributed by atoms with van der Waals surface area (Å²) in [7, 11) is 0. The summed E-state index contributed by atoms with van der Waals surface area (Å²) in [6.45, 7) is 6.54. The van der Waals surface area contributed by atoms with Gasteiger partial charge in [-0.1, -0.05) is 13.8 Å². The van der Waals surface area contributed by atoms with Crippen molar-refractivity contribution in [2.45, 2.75) is 45.2 Å². The summed E-state index contributed by atoms with van der Waals surface area (Å²) in [5, 5.41) is 3.51. The van der Waals surface area contributed by atoms with Crippen LogP contribution < -0.4 is 5.32 Å². The van der Waals surface area contributed by atoms with Crippen LogP contribution in [0.25, 0.3) is 0 Å². The zero-order valence-electron chi connectivity index (χ0n) is 9.03. The smallest absolute Gasteiger partial charge is 0.0948 e. The van der Waals surface area contributed by atoms with E-state index >= 15 is 0 Å². The second-order valence-electron chi connectivity index (χ2n) is 4.39. The van der Waals surface area contributed by atoms with Gasteiger partial charge in [-0.15, -0.1) is 0 Å². The summed E-state index contributed by atoms with van der Waals surface area (Å²) >= 11 is 0. The minimum Gasteiger partial charge on any atom is -0.333 e. The summed E-state index contributed by atoms with van der Waals surface area (Å²) in [6, 6.07) is 0.807. The molecule has 1 heterocycles. The lowest BCUT2D eigenvalue weighted by atomic mass is 10.1. The van der Waals surface area contributed by atoms with Gasteiger partial charge in [0.25, 0.3) is 0 Å². The molecule has 1 aliphatic carbocycles. The number of nitrogens with zero attached hydrogens (tertiary/aromatic N) is 2. The minimum absolute atomic E-state index is 0.568. The third-order valence-electron chi connectivity index (χ3n) is 2.70. The molecule has 1 aromatic rings. The largest absolute Gasteiger partial charge is 0.333 e. The van der Waals surface area contributed by atoms with E-state index in [9.17, 15) is 0 Å². The van der Waals surface area contributed by atoms with E-state index in [4.69, 9.17) is 0 Å². The zero-order valence-corrected chi connectivity index (χ0v) is 9.03. The average molecular weight is 193 g/mol. The van der Waals surface area contributed by atoms with Gasteiger partial charge in [0.05, 0.1) is 6.33 Å². The molecule has 0 bridgehead atoms. The molecule has 0 atom stereocenters. The molecular formula is C11H19N3. The molecule has 0 radical (unpaired) electrons. The van der Waals surface area contributed by atoms with Crippen LogP contribution >= 0.6 is 0 Å². The highest BCUT2D eigenvalue weighted by Crippen LogP contribution is 2.18. The Morgan fingerprint density at radius 2 is 2.36 bits per heavy atom. The lowest BCUT2D eigenvalue weighted by Crippen LogP contribution is -2.22. The van der Waals surface area contributed by atoms with Crippen LogP contribution in [-0.2, 0) is 6.54 Å². The first-order valence-corrected chi connectivity index (χ1v) is 5.51. The molecule has 3 heteroatoms. The van der Waals surface area contributed by atoms with E-state index in [0.717, 1.165) is 19.1 Å². The van der Waals surface area contributed by atoms with Crippen molar-refractivity contribution in [3.8, 4) is 0 Å². The molecule has 1 aliphatic rings. The highest BCUT2D eigenvalue weighted by Gasteiger charge is 2.19. The number of aromatic nitrogens is 2. The fraction of sp³-hybridized carbons (Fsp3) is 0.727. The van der Waals surface area contributed by atoms with Gasteiger partial charge in [0.2, 0.25) is 0 Å². The van der Waals surface area contributed by atoms with Gasteiger partial charge in [-0.05, 0) is 18.8 Å². The maximum Gasteiger partial charge on any atom is 0.0948 e. The van der Waals surface area contributed by atoms with E-state index in [-0.39, 0.29) is 0 Å². The van der Waals surface area contributed by atoms with Gasteiger partial charge in [0.15, 0.2) is 0 Å². The van der Waals surface area contributed by atoms with Crippen molar-refractivity contribution in [2.24, 2.45) is 0 Å². The van der Waals surface area contributed by atoms with Gasteiger partial charge in [-0.2, -0.15) is 0 Å². The lowest BCUT2D eigenvalue weighted by molar-refractivity contribution is 0.570. The standard InChI is InChI=1S/C11H19N3/c1-9(2)11-7-12-8-14(11)6-5-13-10-3-4-10/h7-10,13H,3-6H2,1-2H3. The fourth-order valence-electron chi connectivity index (χ4n) is 1.68. The van der Waals surface area contributed by atoms with Gasteiger partial charge in [-0.25, -0.2) is 4.98 Å². The molecule has 1 aromatic heterocycles. The van der Waals surface area contributed by atoms with E-state index in [2.05, 4.69) is 28.7 Å². The topological polar surface area (TPSA) is 29.9 Å². The molecule has 1 N–H and O–H groups in total. The number of hydrogen-bond donors (Lipinski definition) is 1. The Balaban J connectivity index is 1.84. The van der Waals surface area contributed by atoms with E-state index in [0.29, 0.717) is 5.92 Å². The quantitative estimate of drug-likeness (QED) is 0.772. The number of nitrogens with one attached hydrogen (secondary N) is 1. The van der Waals surface area contributed by atoms with Gasteiger partial charge in [-0.3, -0.25) is 0 Å². The van der Waals surface area contributed by atoms with Crippen LogP contribution in [0.2, 0.25) is 0 Å². The van der Waals surface area contributed by atoms with Crippen molar-refractivity contribution < 1.29 is 0 Å². The Morgan fingerprint density at radius 1 is 1.57 bits per heavy atom. The van der Waals surface area contributed by atoms with Crippen LogP contribution in [0.3, 0.4) is 0 Å². The van der Waals surface area contributed by atoms with Gasteiger partial charge < -0.3 is 9.88 Å². The highest BCUT2D eigenvalue weighted by molar-refractivity contribution is 5.03. The molecule has 78 valence electrons. The summed E-state index contributed by atoms with van der Waals surface area (Å²) in [4.78, 5) is 4.19. The van der Waals surface area contributed by atoms with Gasteiger partial charge in [0, 0.05) is 31.0 Å². The van der Waals surface area contributed by atoms with Crippen LogP contribution in [0.5, 0.6) is 0 Å². The van der Waals surface area contributed by atoms with Crippen molar-refractivity contribution >= 4 is 0 Å². The summed E-state index contributed by atoms with van der Waals surface area (Å²) in [5.74, 6) is 0.568. The van der Waals surface area contributed by atoms with Crippen LogP contribution in [0, 0.1) is 0 Å². The van der Waals surface area contributed by atoms with Gasteiger partial charge in [0.1, 0.15) is 0 Å². The molecule has 0 saturated heterocycles. The fourth-order valence-corrected chi connectivity index (χ4v) is 1.68. The molecule has 0 aliphatic heterocycles. The second kappa shape index (κ2) is 4.13. The normalized spacial score (nSPS) is 16.5. The number of imidazole rings is 1. The van der Waals surface area contributed by atoms with Crippen molar-refractivity contribution in [3.63, 3.8) is 0 Å². The summed E-state index contributed by atoms with van der Waals surface area (Å²) in [5.41, 5.74) is 1.34. The Hall–Kier alpha value is -0.830. The summed E-state index contributed by atoms with van der Waals surface area (Å²) < 4.78 is 2.25. The van der Waals surface area contributed by atoms with Crippen LogP contribution in [0.15, 0.2) is 12.5 Å². The lowest BCUT2D eigenvalue weighted by Gasteiger charge is -2.10. The predicted octanol–water partition coefficient (Wildman–Crippen LogP) is 1.76. The average Bonchev–Trinajstić information content (AvgIpc) is 2.82. The van der Waals surface area contributed by atoms with Crippen molar-refractivity contribution in [1.29, 1.82) is 0 Å². The molecule has 0 spiro atoms. The minimum atomic E-state index is 0.568. The first-order chi connectivity index (χ1) is 6.77. The molecular weight excluding hydrogens is 174 g/mol. The molecule has 0 amide bonds. The third kappa shape index (κ3) is 2.35. The van der Waals surface area contributed by atoms with E-state index < -0.39 is 0 Å². The molecule has 0 unspecified atom stereocenters. The molecule has 14 heavy (non-hydrogen) atoms. The van der Waals surface area contributed by atoms with Crippen LogP contribution in [0.4, 0.5) is 0 Å². The predicted molar refractivity (Wildman–Crippen MR) is 57.3 cm³/mol. The van der Waals surface area contributed by atoms with E-state index in [1.165, 1.54) is 18.5 Å². The van der Waals surface area contributed by atoms with Crippen LogP contribution in [0.1, 0.15) is 38.3 Å². The zero-order chi connectivity index (χ0) is 9.97. The Bertz CT molecular complexity index is 286. The maximum absolute atomic E-state index is 4.19. The molecule has 1 saturated carbocycles. The molecule has 0 aromatic carbocycles. The molecule has 3 nitrogen and oxygen atoms in total. The van der Waals surface area contributed by atoms with Crippen molar-refractivity contribution in [3.05, 3.63) is 18.2 Å². The monoisotopic (exact) mass is 193 g/mol. The van der Waals surface area contributed by atoms with E-state index in [1.54, 1.807) is 0 Å². The Kier molecular flexibility index (Phi) is 2.87. The number of hydrogen-bond acceptors (Lipinski definition) is 2. The first-order valence-electron chi connectivity index (χ1n) is 5.51. The second-order valence-corrected chi connectivity index (χ2v) is 4.39. The van der Waals surface area contributed by atoms with Crippen molar-refractivity contribution in [1.82, 2.24) is 14.9 Å².